The van der Waals surface area contributed by atoms with Crippen LogP contribution in [0.3, 0.4) is 0 Å². The van der Waals surface area contributed by atoms with Gasteiger partial charge in [0.15, 0.2) is 0 Å². The average molecular weight is 184 g/mol. The van der Waals surface area contributed by atoms with Crippen molar-refractivity contribution in [2.75, 3.05) is 20.1 Å². The molecule has 0 amide bonds. The zero-order valence-electron chi connectivity index (χ0n) is 9.34. The van der Waals surface area contributed by atoms with Gasteiger partial charge in [0.2, 0.25) is 0 Å². The number of likely N-dealkylation sites (tertiary alicyclic amines) is 1. The third-order valence-corrected chi connectivity index (χ3v) is 3.14. The Labute approximate surface area is 82.7 Å². The van der Waals surface area contributed by atoms with Crippen LogP contribution in [-0.4, -0.2) is 37.1 Å². The van der Waals surface area contributed by atoms with Gasteiger partial charge >= 0.3 is 0 Å². The second-order valence-corrected chi connectivity index (χ2v) is 4.23. The van der Waals surface area contributed by atoms with Gasteiger partial charge in [-0.25, -0.2) is 0 Å². The van der Waals surface area contributed by atoms with E-state index in [0.29, 0.717) is 0 Å². The zero-order chi connectivity index (χ0) is 9.68. The first-order chi connectivity index (χ1) is 6.29. The molecule has 1 N–H and O–H groups in total. The highest BCUT2D eigenvalue weighted by Crippen LogP contribution is 2.21. The van der Waals surface area contributed by atoms with Crippen LogP contribution in [0.4, 0.5) is 0 Å². The summed E-state index contributed by atoms with van der Waals surface area (Å²) in [6.45, 7) is 7.11. The Hall–Kier alpha value is -0.0800. The summed E-state index contributed by atoms with van der Waals surface area (Å²) in [5.41, 5.74) is 0. The molecule has 2 nitrogen and oxygen atoms in total. The maximum atomic E-state index is 3.31. The minimum atomic E-state index is 0.771. The van der Waals surface area contributed by atoms with Crippen LogP contribution in [0.2, 0.25) is 0 Å². The lowest BCUT2D eigenvalue weighted by atomic mass is 10.1. The van der Waals surface area contributed by atoms with Crippen LogP contribution in [0.15, 0.2) is 0 Å². The second kappa shape index (κ2) is 5.61. The molecule has 1 aliphatic rings. The van der Waals surface area contributed by atoms with Gasteiger partial charge in [0.25, 0.3) is 0 Å². The quantitative estimate of drug-likeness (QED) is 0.701. The number of hydrogen-bond acceptors (Lipinski definition) is 2. The lowest BCUT2D eigenvalue weighted by Crippen LogP contribution is -2.43. The highest BCUT2D eigenvalue weighted by molar-refractivity contribution is 4.82. The first-order valence-corrected chi connectivity index (χ1v) is 5.70. The van der Waals surface area contributed by atoms with E-state index >= 15 is 0 Å². The molecular formula is C11H24N2. The van der Waals surface area contributed by atoms with E-state index in [1.54, 1.807) is 0 Å². The summed E-state index contributed by atoms with van der Waals surface area (Å²) in [5, 5.41) is 3.31. The summed E-state index contributed by atoms with van der Waals surface area (Å²) in [5.74, 6) is 0. The summed E-state index contributed by atoms with van der Waals surface area (Å²) in [4.78, 5) is 2.68. The fraction of sp³-hybridized carbons (Fsp3) is 1.00. The normalized spacial score (nSPS) is 26.5. The van der Waals surface area contributed by atoms with Gasteiger partial charge in [-0.3, -0.25) is 4.90 Å². The molecule has 0 bridgehead atoms. The first kappa shape index (κ1) is 11.0. The molecule has 1 fully saturated rings. The van der Waals surface area contributed by atoms with Gasteiger partial charge in [-0.15, -0.1) is 0 Å². The van der Waals surface area contributed by atoms with Crippen molar-refractivity contribution in [2.45, 2.75) is 51.6 Å². The largest absolute Gasteiger partial charge is 0.318 e. The highest BCUT2D eigenvalue weighted by atomic mass is 15.2. The molecule has 78 valence electrons. The smallest absolute Gasteiger partial charge is 0.0223 e. The van der Waals surface area contributed by atoms with Crippen LogP contribution >= 0.6 is 0 Å². The minimum Gasteiger partial charge on any atom is -0.318 e. The predicted octanol–water partition coefficient (Wildman–Crippen LogP) is 1.86. The van der Waals surface area contributed by atoms with E-state index < -0.39 is 0 Å². The molecule has 0 aromatic carbocycles. The van der Waals surface area contributed by atoms with Gasteiger partial charge in [0.1, 0.15) is 0 Å². The van der Waals surface area contributed by atoms with E-state index in [4.69, 9.17) is 0 Å². The van der Waals surface area contributed by atoms with E-state index in [1.165, 1.54) is 32.2 Å². The molecule has 2 atom stereocenters. The zero-order valence-corrected chi connectivity index (χ0v) is 9.34. The Morgan fingerprint density at radius 2 is 2.31 bits per heavy atom. The molecular weight excluding hydrogens is 160 g/mol. The summed E-state index contributed by atoms with van der Waals surface area (Å²) < 4.78 is 0. The maximum absolute atomic E-state index is 3.31. The fourth-order valence-electron chi connectivity index (χ4n) is 2.45. The summed E-state index contributed by atoms with van der Waals surface area (Å²) in [7, 11) is 2.06. The van der Waals surface area contributed by atoms with Crippen LogP contribution in [0.5, 0.6) is 0 Å². The SMILES string of the molecule is CCCC(CNC)N1CCCC1C. The molecule has 13 heavy (non-hydrogen) atoms. The van der Waals surface area contributed by atoms with Gasteiger partial charge in [-0.2, -0.15) is 0 Å². The van der Waals surface area contributed by atoms with Crippen LogP contribution in [0.25, 0.3) is 0 Å². The van der Waals surface area contributed by atoms with Gasteiger partial charge in [0, 0.05) is 18.6 Å². The number of rotatable bonds is 5. The number of nitrogens with one attached hydrogen (secondary N) is 1. The molecule has 0 spiro atoms. The van der Waals surface area contributed by atoms with Crippen LogP contribution in [0.1, 0.15) is 39.5 Å². The summed E-state index contributed by atoms with van der Waals surface area (Å²) in [6, 6.07) is 1.58. The molecule has 1 saturated heterocycles. The molecule has 0 radical (unpaired) electrons. The molecule has 1 rings (SSSR count). The Bertz CT molecular complexity index is 130. The molecule has 0 aromatic rings. The number of likely N-dealkylation sites (N-methyl/N-ethyl adjacent to an activating group) is 1. The molecule has 1 heterocycles. The van der Waals surface area contributed by atoms with Crippen molar-refractivity contribution in [3.05, 3.63) is 0 Å². The third-order valence-electron chi connectivity index (χ3n) is 3.14. The van der Waals surface area contributed by atoms with Crippen LogP contribution in [0, 0.1) is 0 Å². The van der Waals surface area contributed by atoms with Crippen molar-refractivity contribution < 1.29 is 0 Å². The molecule has 0 aliphatic carbocycles. The second-order valence-electron chi connectivity index (χ2n) is 4.23. The van der Waals surface area contributed by atoms with Gasteiger partial charge < -0.3 is 5.32 Å². The monoisotopic (exact) mass is 184 g/mol. The molecule has 1 aliphatic heterocycles. The summed E-state index contributed by atoms with van der Waals surface area (Å²) in [6.07, 6.45) is 5.43. The fourth-order valence-corrected chi connectivity index (χ4v) is 2.45. The van der Waals surface area contributed by atoms with Crippen molar-refractivity contribution in [3.63, 3.8) is 0 Å². The third kappa shape index (κ3) is 2.96. The highest BCUT2D eigenvalue weighted by Gasteiger charge is 2.26. The van der Waals surface area contributed by atoms with Crippen molar-refractivity contribution in [1.29, 1.82) is 0 Å². The topological polar surface area (TPSA) is 15.3 Å². The first-order valence-electron chi connectivity index (χ1n) is 5.70. The molecule has 2 unspecified atom stereocenters. The van der Waals surface area contributed by atoms with Gasteiger partial charge in [-0.1, -0.05) is 13.3 Å². The van der Waals surface area contributed by atoms with E-state index in [-0.39, 0.29) is 0 Å². The van der Waals surface area contributed by atoms with Crippen molar-refractivity contribution in [2.24, 2.45) is 0 Å². The lowest BCUT2D eigenvalue weighted by molar-refractivity contribution is 0.177. The standard InChI is InChI=1S/C11H24N2/c1-4-6-11(9-12-3)13-8-5-7-10(13)2/h10-12H,4-9H2,1-3H3. The van der Waals surface area contributed by atoms with Gasteiger partial charge in [-0.05, 0) is 39.8 Å². The molecule has 2 heteroatoms. The Kier molecular flexibility index (Phi) is 4.74. The summed E-state index contributed by atoms with van der Waals surface area (Å²) >= 11 is 0. The number of nitrogens with zero attached hydrogens (tertiary/aromatic N) is 1. The van der Waals surface area contributed by atoms with Crippen molar-refractivity contribution in [1.82, 2.24) is 10.2 Å². The van der Waals surface area contributed by atoms with Crippen LogP contribution in [-0.2, 0) is 0 Å². The predicted molar refractivity (Wildman–Crippen MR) is 58.0 cm³/mol. The van der Waals surface area contributed by atoms with E-state index in [1.807, 2.05) is 0 Å². The minimum absolute atomic E-state index is 0.771. The Balaban J connectivity index is 2.42. The molecule has 0 aromatic heterocycles. The van der Waals surface area contributed by atoms with E-state index in [9.17, 15) is 0 Å². The Morgan fingerprint density at radius 3 is 2.77 bits per heavy atom. The average Bonchev–Trinajstić information content (AvgIpc) is 2.51. The van der Waals surface area contributed by atoms with Crippen molar-refractivity contribution in [3.8, 4) is 0 Å². The van der Waals surface area contributed by atoms with E-state index in [2.05, 4.69) is 31.1 Å². The lowest BCUT2D eigenvalue weighted by Gasteiger charge is -2.31. The number of hydrogen-bond donors (Lipinski definition) is 1. The molecule has 0 saturated carbocycles. The van der Waals surface area contributed by atoms with Crippen molar-refractivity contribution >= 4 is 0 Å². The van der Waals surface area contributed by atoms with E-state index in [0.717, 1.165) is 18.6 Å². The van der Waals surface area contributed by atoms with Crippen LogP contribution < -0.4 is 5.32 Å². The Morgan fingerprint density at radius 1 is 1.54 bits per heavy atom. The maximum Gasteiger partial charge on any atom is 0.0223 e. The van der Waals surface area contributed by atoms with Gasteiger partial charge in [0.05, 0.1) is 0 Å².